The second kappa shape index (κ2) is 5.54. The van der Waals surface area contributed by atoms with Gasteiger partial charge in [-0.2, -0.15) is 0 Å². The average molecular weight is 325 g/mol. The van der Waals surface area contributed by atoms with Crippen LogP contribution in [-0.2, 0) is 6.42 Å². The number of benzene rings is 2. The van der Waals surface area contributed by atoms with Gasteiger partial charge >= 0.3 is 0 Å². The normalized spacial score (nSPS) is 12.7. The number of nitrogens with one attached hydrogen (secondary N) is 2. The molecule has 2 N–H and O–H groups in total. The predicted octanol–water partition coefficient (Wildman–Crippen LogP) is 4.35. The van der Waals surface area contributed by atoms with E-state index in [9.17, 15) is 9.18 Å². The Balaban J connectivity index is 1.87. The molecule has 1 amide bonds. The summed E-state index contributed by atoms with van der Waals surface area (Å²) in [4.78, 5) is 12.3. The first kappa shape index (κ1) is 14.2. The lowest BCUT2D eigenvalue weighted by atomic mass is 10.1. The summed E-state index contributed by atoms with van der Waals surface area (Å²) in [6.07, 6.45) is 0.883. The summed E-state index contributed by atoms with van der Waals surface area (Å²) < 4.78 is 13.1. The van der Waals surface area contributed by atoms with Gasteiger partial charge in [0.2, 0.25) is 0 Å². The van der Waals surface area contributed by atoms with Crippen LogP contribution in [0, 0.1) is 5.82 Å². The fraction of sp³-hybridized carbons (Fsp3) is 0.133. The first-order chi connectivity index (χ1) is 10.0. The molecule has 108 valence electrons. The Morgan fingerprint density at radius 1 is 1.19 bits per heavy atom. The molecule has 1 aliphatic rings. The molecule has 0 spiro atoms. The van der Waals surface area contributed by atoms with E-state index in [2.05, 4.69) is 10.6 Å². The number of carbonyl (C=O) groups excluding carboxylic acids is 1. The molecule has 1 aliphatic heterocycles. The Morgan fingerprint density at radius 2 is 1.90 bits per heavy atom. The van der Waals surface area contributed by atoms with E-state index in [1.54, 1.807) is 6.07 Å². The van der Waals surface area contributed by atoms with E-state index in [0.717, 1.165) is 36.3 Å². The Hall–Kier alpha value is -1.78. The molecule has 0 bridgehead atoms. The van der Waals surface area contributed by atoms with E-state index in [-0.39, 0.29) is 21.6 Å². The molecule has 2 aromatic rings. The number of carbonyl (C=O) groups is 1. The van der Waals surface area contributed by atoms with E-state index in [1.165, 1.54) is 0 Å². The van der Waals surface area contributed by atoms with E-state index >= 15 is 0 Å². The molecule has 0 saturated carbocycles. The molecule has 0 atom stereocenters. The fourth-order valence-corrected chi connectivity index (χ4v) is 2.85. The zero-order chi connectivity index (χ0) is 15.0. The van der Waals surface area contributed by atoms with E-state index in [4.69, 9.17) is 23.2 Å². The zero-order valence-corrected chi connectivity index (χ0v) is 12.4. The van der Waals surface area contributed by atoms with Crippen LogP contribution in [0.25, 0.3) is 0 Å². The molecule has 0 unspecified atom stereocenters. The van der Waals surface area contributed by atoms with Gasteiger partial charge in [0.1, 0.15) is 5.82 Å². The van der Waals surface area contributed by atoms with E-state index in [1.807, 2.05) is 12.1 Å². The first-order valence-corrected chi connectivity index (χ1v) is 7.13. The van der Waals surface area contributed by atoms with Crippen LogP contribution >= 0.6 is 23.2 Å². The smallest absolute Gasteiger partial charge is 0.255 e. The van der Waals surface area contributed by atoms with Crippen molar-refractivity contribution < 1.29 is 9.18 Å². The Morgan fingerprint density at radius 3 is 2.62 bits per heavy atom. The van der Waals surface area contributed by atoms with Crippen molar-refractivity contribution in [1.29, 1.82) is 0 Å². The van der Waals surface area contributed by atoms with Crippen molar-refractivity contribution in [2.45, 2.75) is 6.42 Å². The van der Waals surface area contributed by atoms with Gasteiger partial charge in [-0.25, -0.2) is 4.39 Å². The number of amides is 1. The number of anilines is 2. The Bertz CT molecular complexity index is 711. The summed E-state index contributed by atoms with van der Waals surface area (Å²) in [6.45, 7) is 0.871. The van der Waals surface area contributed by atoms with E-state index in [0.29, 0.717) is 5.56 Å². The van der Waals surface area contributed by atoms with Gasteiger partial charge in [-0.15, -0.1) is 0 Å². The van der Waals surface area contributed by atoms with Gasteiger partial charge in [0.15, 0.2) is 0 Å². The maximum absolute atomic E-state index is 13.1. The van der Waals surface area contributed by atoms with Gasteiger partial charge in [0.25, 0.3) is 5.91 Å². The van der Waals surface area contributed by atoms with Crippen molar-refractivity contribution in [3.8, 4) is 0 Å². The molecule has 3 nitrogen and oxygen atoms in total. The first-order valence-electron chi connectivity index (χ1n) is 6.37. The second-order valence-corrected chi connectivity index (χ2v) is 5.56. The summed E-state index contributed by atoms with van der Waals surface area (Å²) in [5.41, 5.74) is 2.86. The number of fused-ring (bicyclic) bond motifs is 1. The standard InChI is InChI=1S/C15H11Cl2FN2O/c16-11-6-10(18)7-12(17)14(11)20-15(21)9-1-2-13-8(5-9)3-4-19-13/h1-2,5-7,19H,3-4H2,(H,20,21). The molecule has 0 aromatic heterocycles. The number of rotatable bonds is 2. The lowest BCUT2D eigenvalue weighted by Gasteiger charge is -2.10. The monoisotopic (exact) mass is 324 g/mol. The van der Waals surface area contributed by atoms with Crippen LogP contribution < -0.4 is 10.6 Å². The topological polar surface area (TPSA) is 41.1 Å². The molecule has 0 aliphatic carbocycles. The highest BCUT2D eigenvalue weighted by Gasteiger charge is 2.16. The van der Waals surface area contributed by atoms with Gasteiger partial charge < -0.3 is 10.6 Å². The molecule has 1 heterocycles. The molecule has 0 saturated heterocycles. The van der Waals surface area contributed by atoms with Crippen LogP contribution in [0.1, 0.15) is 15.9 Å². The highest BCUT2D eigenvalue weighted by molar-refractivity contribution is 6.40. The molecule has 2 aromatic carbocycles. The van der Waals surface area contributed by atoms with Gasteiger partial charge in [-0.1, -0.05) is 23.2 Å². The van der Waals surface area contributed by atoms with Crippen LogP contribution in [0.2, 0.25) is 10.0 Å². The molecular weight excluding hydrogens is 314 g/mol. The van der Waals surface area contributed by atoms with Crippen LogP contribution in [0.4, 0.5) is 15.8 Å². The minimum absolute atomic E-state index is 0.0659. The molecule has 6 heteroatoms. The summed E-state index contributed by atoms with van der Waals surface area (Å²) in [5.74, 6) is -0.883. The summed E-state index contributed by atoms with van der Waals surface area (Å²) in [6, 6.07) is 7.63. The average Bonchev–Trinajstić information content (AvgIpc) is 2.89. The van der Waals surface area contributed by atoms with Crippen LogP contribution in [0.15, 0.2) is 30.3 Å². The molecule has 0 radical (unpaired) electrons. The number of hydrogen-bond donors (Lipinski definition) is 2. The zero-order valence-electron chi connectivity index (χ0n) is 10.8. The SMILES string of the molecule is O=C(Nc1c(Cl)cc(F)cc1Cl)c1ccc2c(c1)CCN2. The predicted molar refractivity (Wildman–Crippen MR) is 83.0 cm³/mol. The molecule has 0 fully saturated rings. The van der Waals surface area contributed by atoms with Crippen molar-refractivity contribution >= 4 is 40.5 Å². The lowest BCUT2D eigenvalue weighted by molar-refractivity contribution is 0.102. The maximum Gasteiger partial charge on any atom is 0.255 e. The Kier molecular flexibility index (Phi) is 3.74. The number of hydrogen-bond acceptors (Lipinski definition) is 2. The Labute approximate surface area is 131 Å². The maximum atomic E-state index is 13.1. The summed E-state index contributed by atoms with van der Waals surface area (Å²) in [7, 11) is 0. The van der Waals surface area contributed by atoms with Crippen molar-refractivity contribution in [2.75, 3.05) is 17.2 Å². The highest BCUT2D eigenvalue weighted by atomic mass is 35.5. The third-order valence-corrected chi connectivity index (χ3v) is 3.92. The van der Waals surface area contributed by atoms with Crippen LogP contribution in [0.5, 0.6) is 0 Å². The minimum Gasteiger partial charge on any atom is -0.384 e. The van der Waals surface area contributed by atoms with E-state index < -0.39 is 5.82 Å². The highest BCUT2D eigenvalue weighted by Crippen LogP contribution is 2.32. The molecule has 21 heavy (non-hydrogen) atoms. The lowest BCUT2D eigenvalue weighted by Crippen LogP contribution is -2.13. The van der Waals surface area contributed by atoms with Gasteiger partial charge in [-0.05, 0) is 42.3 Å². The van der Waals surface area contributed by atoms with Crippen molar-refractivity contribution in [3.05, 3.63) is 57.3 Å². The van der Waals surface area contributed by atoms with Gasteiger partial charge in [0, 0.05) is 17.8 Å². The van der Waals surface area contributed by atoms with Crippen molar-refractivity contribution in [3.63, 3.8) is 0 Å². The van der Waals surface area contributed by atoms with Crippen LogP contribution in [-0.4, -0.2) is 12.5 Å². The largest absolute Gasteiger partial charge is 0.384 e. The minimum atomic E-state index is -0.549. The fourth-order valence-electron chi connectivity index (χ4n) is 2.29. The summed E-state index contributed by atoms with van der Waals surface area (Å²) >= 11 is 11.8. The van der Waals surface area contributed by atoms with Crippen molar-refractivity contribution in [2.24, 2.45) is 0 Å². The van der Waals surface area contributed by atoms with Gasteiger partial charge in [0.05, 0.1) is 15.7 Å². The quantitative estimate of drug-likeness (QED) is 0.862. The third-order valence-electron chi connectivity index (χ3n) is 3.32. The molecular formula is C15H11Cl2FN2O. The summed E-state index contributed by atoms with van der Waals surface area (Å²) in [5, 5.41) is 5.98. The second-order valence-electron chi connectivity index (χ2n) is 4.75. The third kappa shape index (κ3) is 2.82. The van der Waals surface area contributed by atoms with Gasteiger partial charge in [-0.3, -0.25) is 4.79 Å². The number of halogens is 3. The van der Waals surface area contributed by atoms with Crippen molar-refractivity contribution in [1.82, 2.24) is 0 Å². The van der Waals surface area contributed by atoms with Crippen LogP contribution in [0.3, 0.4) is 0 Å². The molecule has 3 rings (SSSR count).